The number of amides is 2. The van der Waals surface area contributed by atoms with Crippen LogP contribution in [0.5, 0.6) is 0 Å². The monoisotopic (exact) mass is 623 g/mol. The van der Waals surface area contributed by atoms with Crippen LogP contribution in [0.4, 0.5) is 5.69 Å². The predicted octanol–water partition coefficient (Wildman–Crippen LogP) is 6.48. The summed E-state index contributed by atoms with van der Waals surface area (Å²) in [6.07, 6.45) is 0.293. The molecule has 3 aromatic rings. The van der Waals surface area contributed by atoms with Crippen molar-refractivity contribution in [1.82, 2.24) is 10.2 Å². The van der Waals surface area contributed by atoms with Gasteiger partial charge in [-0.15, -0.1) is 0 Å². The van der Waals surface area contributed by atoms with Crippen molar-refractivity contribution in [3.05, 3.63) is 92.9 Å². The summed E-state index contributed by atoms with van der Waals surface area (Å²) in [6.45, 7) is 6.69. The zero-order valence-electron chi connectivity index (χ0n) is 22.7. The van der Waals surface area contributed by atoms with E-state index in [1.165, 1.54) is 29.2 Å². The number of rotatable bonds is 11. The van der Waals surface area contributed by atoms with E-state index in [0.717, 1.165) is 9.87 Å². The highest BCUT2D eigenvalue weighted by Crippen LogP contribution is 2.28. The Balaban J connectivity index is 2.08. The summed E-state index contributed by atoms with van der Waals surface area (Å²) in [4.78, 5) is 28.6. The van der Waals surface area contributed by atoms with Gasteiger partial charge in [0.05, 0.1) is 10.6 Å². The maximum absolute atomic E-state index is 14.0. The Morgan fingerprint density at radius 1 is 0.900 bits per heavy atom. The first-order valence-electron chi connectivity index (χ1n) is 12.7. The summed E-state index contributed by atoms with van der Waals surface area (Å²) >= 11 is 18.6. The third-order valence-electron chi connectivity index (χ3n) is 6.18. The van der Waals surface area contributed by atoms with Crippen LogP contribution in [-0.2, 0) is 26.2 Å². The van der Waals surface area contributed by atoms with Gasteiger partial charge < -0.3 is 10.2 Å². The largest absolute Gasteiger partial charge is 0.352 e. The second-order valence-electron chi connectivity index (χ2n) is 9.65. The van der Waals surface area contributed by atoms with Crippen LogP contribution in [0.25, 0.3) is 0 Å². The van der Waals surface area contributed by atoms with Gasteiger partial charge in [-0.2, -0.15) is 0 Å². The molecule has 7 nitrogen and oxygen atoms in total. The van der Waals surface area contributed by atoms with Crippen LogP contribution < -0.4 is 9.62 Å². The minimum absolute atomic E-state index is 0.0257. The van der Waals surface area contributed by atoms with E-state index in [0.29, 0.717) is 27.1 Å². The van der Waals surface area contributed by atoms with E-state index in [9.17, 15) is 18.0 Å². The number of hydrogen-bond acceptors (Lipinski definition) is 4. The molecular formula is C29H32Cl3N3O4S. The molecule has 2 amide bonds. The van der Waals surface area contributed by atoms with Crippen LogP contribution in [0.1, 0.15) is 38.3 Å². The molecule has 1 N–H and O–H groups in total. The van der Waals surface area contributed by atoms with Crippen molar-refractivity contribution in [2.45, 2.75) is 57.6 Å². The third kappa shape index (κ3) is 7.91. The molecule has 214 valence electrons. The van der Waals surface area contributed by atoms with Crippen LogP contribution in [0.15, 0.2) is 71.6 Å². The zero-order chi connectivity index (χ0) is 29.6. The lowest BCUT2D eigenvalue weighted by Crippen LogP contribution is -2.53. The van der Waals surface area contributed by atoms with Crippen molar-refractivity contribution in [1.29, 1.82) is 0 Å². The van der Waals surface area contributed by atoms with Gasteiger partial charge in [-0.05, 0) is 81.3 Å². The summed E-state index contributed by atoms with van der Waals surface area (Å²) in [5.41, 5.74) is 1.71. The summed E-state index contributed by atoms with van der Waals surface area (Å²) in [7, 11) is -4.17. The van der Waals surface area contributed by atoms with Crippen LogP contribution in [0.3, 0.4) is 0 Å². The second-order valence-corrected chi connectivity index (χ2v) is 12.8. The van der Waals surface area contributed by atoms with E-state index >= 15 is 0 Å². The number of benzene rings is 3. The van der Waals surface area contributed by atoms with Crippen molar-refractivity contribution in [3.63, 3.8) is 0 Å². The Kier molecular flexibility index (Phi) is 10.9. The number of carbonyl (C=O) groups excluding carboxylic acids is 2. The molecule has 0 saturated heterocycles. The maximum atomic E-state index is 14.0. The fourth-order valence-corrected chi connectivity index (χ4v) is 6.12. The number of halogens is 3. The summed E-state index contributed by atoms with van der Waals surface area (Å²) in [5, 5.41) is 4.02. The lowest BCUT2D eigenvalue weighted by molar-refractivity contribution is -0.140. The van der Waals surface area contributed by atoms with Gasteiger partial charge in [-0.25, -0.2) is 8.42 Å². The molecule has 0 aliphatic heterocycles. The van der Waals surface area contributed by atoms with Crippen molar-refractivity contribution >= 4 is 62.3 Å². The SMILES string of the molecule is CC[C@@H](C(=O)NC(C)C)N(Cc1ccc(Cl)cc1Cl)C(=O)CN(c1ccc(Cl)cc1)S(=O)(=O)c1ccc(C)cc1. The molecular weight excluding hydrogens is 593 g/mol. The topological polar surface area (TPSA) is 86.8 Å². The highest BCUT2D eigenvalue weighted by atomic mass is 35.5. The Morgan fingerprint density at radius 3 is 2.05 bits per heavy atom. The van der Waals surface area contributed by atoms with Gasteiger partial charge >= 0.3 is 0 Å². The number of nitrogens with one attached hydrogen (secondary N) is 1. The summed E-state index contributed by atoms with van der Waals surface area (Å²) in [6, 6.07) is 16.4. The Labute approximate surface area is 251 Å². The number of aryl methyl sites for hydroxylation is 1. The van der Waals surface area contributed by atoms with Crippen molar-refractivity contribution in [3.8, 4) is 0 Å². The van der Waals surface area contributed by atoms with Crippen LogP contribution in [0, 0.1) is 6.92 Å². The normalized spacial score (nSPS) is 12.2. The highest BCUT2D eigenvalue weighted by Gasteiger charge is 2.34. The molecule has 0 radical (unpaired) electrons. The molecule has 0 aliphatic carbocycles. The average Bonchev–Trinajstić information content (AvgIpc) is 2.88. The molecule has 3 rings (SSSR count). The third-order valence-corrected chi connectivity index (χ3v) is 8.80. The van der Waals surface area contributed by atoms with Crippen molar-refractivity contribution < 1.29 is 18.0 Å². The van der Waals surface area contributed by atoms with Gasteiger partial charge in [0.1, 0.15) is 12.6 Å². The lowest BCUT2D eigenvalue weighted by atomic mass is 10.1. The van der Waals surface area contributed by atoms with Crippen molar-refractivity contribution in [2.75, 3.05) is 10.8 Å². The fourth-order valence-electron chi connectivity index (χ4n) is 4.11. The Bertz CT molecular complexity index is 1450. The van der Waals surface area contributed by atoms with Crippen LogP contribution in [0.2, 0.25) is 15.1 Å². The minimum Gasteiger partial charge on any atom is -0.352 e. The van der Waals surface area contributed by atoms with E-state index in [-0.39, 0.29) is 29.1 Å². The molecule has 0 bridgehead atoms. The summed E-state index contributed by atoms with van der Waals surface area (Å²) in [5.74, 6) is -0.933. The number of sulfonamides is 1. The van der Waals surface area contributed by atoms with Gasteiger partial charge in [-0.1, -0.05) is 65.5 Å². The van der Waals surface area contributed by atoms with Gasteiger partial charge in [-0.3, -0.25) is 13.9 Å². The smallest absolute Gasteiger partial charge is 0.264 e. The van der Waals surface area contributed by atoms with E-state index in [1.54, 1.807) is 49.4 Å². The Hall–Kier alpha value is -2.78. The molecule has 0 fully saturated rings. The summed E-state index contributed by atoms with van der Waals surface area (Å²) < 4.78 is 28.8. The van der Waals surface area contributed by atoms with E-state index in [1.807, 2.05) is 20.8 Å². The first-order valence-corrected chi connectivity index (χ1v) is 15.3. The number of carbonyl (C=O) groups is 2. The highest BCUT2D eigenvalue weighted by molar-refractivity contribution is 7.92. The predicted molar refractivity (Wildman–Crippen MR) is 162 cm³/mol. The Morgan fingerprint density at radius 2 is 1.50 bits per heavy atom. The lowest BCUT2D eigenvalue weighted by Gasteiger charge is -2.33. The van der Waals surface area contributed by atoms with Crippen LogP contribution in [-0.4, -0.2) is 43.8 Å². The van der Waals surface area contributed by atoms with Gasteiger partial charge in [0, 0.05) is 27.7 Å². The molecule has 0 heterocycles. The zero-order valence-corrected chi connectivity index (χ0v) is 25.8. The molecule has 0 spiro atoms. The number of hydrogen-bond donors (Lipinski definition) is 1. The molecule has 0 saturated carbocycles. The molecule has 40 heavy (non-hydrogen) atoms. The van der Waals surface area contributed by atoms with Crippen molar-refractivity contribution in [2.24, 2.45) is 0 Å². The molecule has 0 unspecified atom stereocenters. The van der Waals surface area contributed by atoms with Gasteiger partial charge in [0.25, 0.3) is 10.0 Å². The van der Waals surface area contributed by atoms with E-state index in [2.05, 4.69) is 5.32 Å². The molecule has 0 aliphatic rings. The maximum Gasteiger partial charge on any atom is 0.264 e. The molecule has 0 aromatic heterocycles. The number of anilines is 1. The van der Waals surface area contributed by atoms with E-state index in [4.69, 9.17) is 34.8 Å². The standard InChI is InChI=1S/C29H32Cl3N3O4S/c1-5-27(29(37)33-19(2)3)34(17-21-8-9-23(31)16-26(21)32)28(36)18-35(24-12-10-22(30)11-13-24)40(38,39)25-14-6-20(4)7-15-25/h6-16,19,27H,5,17-18H2,1-4H3,(H,33,37)/t27-/m0/s1. The first-order chi connectivity index (χ1) is 18.8. The average molecular weight is 625 g/mol. The molecule has 11 heteroatoms. The first kappa shape index (κ1) is 31.7. The van der Waals surface area contributed by atoms with E-state index < -0.39 is 28.5 Å². The van der Waals surface area contributed by atoms with Crippen LogP contribution >= 0.6 is 34.8 Å². The number of nitrogens with zero attached hydrogens (tertiary/aromatic N) is 2. The van der Waals surface area contributed by atoms with Gasteiger partial charge in [0.2, 0.25) is 11.8 Å². The fraction of sp³-hybridized carbons (Fsp3) is 0.310. The quantitative estimate of drug-likeness (QED) is 0.265. The molecule has 1 atom stereocenters. The molecule has 3 aromatic carbocycles. The minimum atomic E-state index is -4.17. The van der Waals surface area contributed by atoms with Gasteiger partial charge in [0.15, 0.2) is 0 Å². The second kappa shape index (κ2) is 13.7.